The molecule has 0 aliphatic rings. The summed E-state index contributed by atoms with van der Waals surface area (Å²) >= 11 is 0. The smallest absolute Gasteiger partial charge is 0.298 e. The highest BCUT2D eigenvalue weighted by Gasteiger charge is 2.35. The minimum absolute atomic E-state index is 0.0170. The van der Waals surface area contributed by atoms with Crippen LogP contribution in [0.3, 0.4) is 0 Å². The first-order valence-electron chi connectivity index (χ1n) is 18.6. The Kier molecular flexibility index (Phi) is 8.68. The number of hydrogen-bond acceptors (Lipinski definition) is 3. The summed E-state index contributed by atoms with van der Waals surface area (Å²) in [5, 5.41) is 11.8. The summed E-state index contributed by atoms with van der Waals surface area (Å²) in [6.45, 7) is 13.0. The number of aromatic nitrogens is 3. The molecule has 2 aromatic heterocycles. The third kappa shape index (κ3) is 6.56. The maximum absolute atomic E-state index is 16.3. The van der Waals surface area contributed by atoms with Gasteiger partial charge in [-0.1, -0.05) is 126 Å². The first kappa shape index (κ1) is 35.9. The van der Waals surface area contributed by atoms with E-state index in [2.05, 4.69) is 94.6 Å². The van der Waals surface area contributed by atoms with Gasteiger partial charge in [0.2, 0.25) is 0 Å². The van der Waals surface area contributed by atoms with Gasteiger partial charge in [-0.2, -0.15) is 8.78 Å². The molecule has 8 aromatic rings. The predicted molar refractivity (Wildman–Crippen MR) is 221 cm³/mol. The number of phenolic OH excluding ortho intramolecular Hbond substituents is 1. The number of benzene rings is 6. The van der Waals surface area contributed by atoms with E-state index < -0.39 is 5.92 Å². The molecule has 8 rings (SSSR count). The van der Waals surface area contributed by atoms with Crippen molar-refractivity contribution in [3.05, 3.63) is 168 Å². The minimum Gasteiger partial charge on any atom is -0.507 e. The van der Waals surface area contributed by atoms with Crippen LogP contribution in [0.5, 0.6) is 5.75 Å². The molecule has 0 saturated heterocycles. The van der Waals surface area contributed by atoms with E-state index in [1.165, 1.54) is 17.7 Å². The van der Waals surface area contributed by atoms with Crippen LogP contribution in [-0.4, -0.2) is 19.6 Å². The monoisotopic (exact) mass is 727 g/mol. The molecule has 0 unspecified atom stereocenters. The van der Waals surface area contributed by atoms with Gasteiger partial charge < -0.3 is 5.11 Å². The van der Waals surface area contributed by atoms with Gasteiger partial charge in [0.05, 0.1) is 22.1 Å². The van der Waals surface area contributed by atoms with Crippen molar-refractivity contribution >= 4 is 21.9 Å². The Morgan fingerprint density at radius 2 is 1.18 bits per heavy atom. The van der Waals surface area contributed by atoms with Gasteiger partial charge in [-0.15, -0.1) is 0 Å². The molecule has 4 nitrogen and oxygen atoms in total. The van der Waals surface area contributed by atoms with Crippen LogP contribution in [0.2, 0.25) is 0 Å². The van der Waals surface area contributed by atoms with Crippen LogP contribution in [0, 0.1) is 0 Å². The van der Waals surface area contributed by atoms with Gasteiger partial charge in [-0.05, 0) is 87.7 Å². The number of alkyl halides is 2. The topological polar surface area (TPSA) is 50.9 Å². The largest absolute Gasteiger partial charge is 0.507 e. The summed E-state index contributed by atoms with van der Waals surface area (Å²) in [5.74, 6) is -2.48. The lowest BCUT2D eigenvalue weighted by molar-refractivity contribution is 0.0430. The third-order valence-electron chi connectivity index (χ3n) is 10.4. The number of pyridine rings is 1. The highest BCUT2D eigenvalue weighted by molar-refractivity contribution is 5.99. The SMILES string of the molecule is CC(C)(C)c1ccc(-n2c(-c3ccccc3O)nc3c(-c4cc(-c5cc(C(F)(F)c6ccccc6)cc6cccnc56)cc(C(C)(C)C)c4)cccc32)cc1. The summed E-state index contributed by atoms with van der Waals surface area (Å²) in [6, 6.07) is 42.9. The van der Waals surface area contributed by atoms with Gasteiger partial charge in [0.1, 0.15) is 11.6 Å². The van der Waals surface area contributed by atoms with Crippen molar-refractivity contribution in [3.8, 4) is 45.1 Å². The van der Waals surface area contributed by atoms with Crippen LogP contribution in [0.1, 0.15) is 63.8 Å². The first-order valence-corrected chi connectivity index (χ1v) is 18.6. The molecule has 0 aliphatic heterocycles. The minimum atomic E-state index is -3.23. The standard InChI is InChI=1S/C49H43F2N3O/c1-47(2,3)34-21-23-38(24-22-34)54-42-19-12-18-39(45(42)53-46(54)40-17-10-11-20-43(40)55)32-26-33(29-36(28-32)48(4,5)6)41-30-37(27-31-14-13-25-52-44(31)41)49(50,51)35-15-8-7-9-16-35/h7-30,55H,1-6H3. The van der Waals surface area contributed by atoms with Crippen LogP contribution in [0.4, 0.5) is 8.78 Å². The summed E-state index contributed by atoms with van der Waals surface area (Å²) in [4.78, 5) is 10.0. The van der Waals surface area contributed by atoms with Gasteiger partial charge in [-0.25, -0.2) is 4.98 Å². The number of para-hydroxylation sites is 2. The Bertz CT molecular complexity index is 2700. The van der Waals surface area contributed by atoms with E-state index in [0.29, 0.717) is 27.9 Å². The number of rotatable bonds is 6. The molecule has 274 valence electrons. The molecule has 6 heteroatoms. The normalized spacial score (nSPS) is 12.4. The van der Waals surface area contributed by atoms with E-state index in [1.54, 1.807) is 54.7 Å². The molecular weight excluding hydrogens is 685 g/mol. The zero-order valence-corrected chi connectivity index (χ0v) is 31.9. The molecule has 0 spiro atoms. The highest BCUT2D eigenvalue weighted by atomic mass is 19.3. The Hall–Kier alpha value is -6.14. The molecule has 6 aromatic carbocycles. The van der Waals surface area contributed by atoms with Crippen molar-refractivity contribution in [2.24, 2.45) is 0 Å². The Morgan fingerprint density at radius 3 is 1.87 bits per heavy atom. The fourth-order valence-corrected chi connectivity index (χ4v) is 7.33. The lowest BCUT2D eigenvalue weighted by Crippen LogP contribution is -2.15. The average molecular weight is 728 g/mol. The number of halogens is 2. The van der Waals surface area contributed by atoms with E-state index in [-0.39, 0.29) is 27.7 Å². The van der Waals surface area contributed by atoms with Crippen molar-refractivity contribution in [1.82, 2.24) is 14.5 Å². The molecule has 0 aliphatic carbocycles. The second kappa shape index (κ2) is 13.3. The van der Waals surface area contributed by atoms with Crippen LogP contribution >= 0.6 is 0 Å². The third-order valence-corrected chi connectivity index (χ3v) is 10.4. The number of fused-ring (bicyclic) bond motifs is 2. The zero-order chi connectivity index (χ0) is 38.7. The van der Waals surface area contributed by atoms with Crippen LogP contribution in [-0.2, 0) is 16.8 Å². The van der Waals surface area contributed by atoms with Gasteiger partial charge in [0, 0.05) is 39.5 Å². The van der Waals surface area contributed by atoms with Crippen molar-refractivity contribution in [1.29, 1.82) is 0 Å². The fourth-order valence-electron chi connectivity index (χ4n) is 7.33. The van der Waals surface area contributed by atoms with Crippen molar-refractivity contribution in [2.75, 3.05) is 0 Å². The summed E-state index contributed by atoms with van der Waals surface area (Å²) < 4.78 is 34.7. The molecule has 0 atom stereocenters. The van der Waals surface area contributed by atoms with Crippen molar-refractivity contribution in [3.63, 3.8) is 0 Å². The van der Waals surface area contributed by atoms with Crippen molar-refractivity contribution in [2.45, 2.75) is 58.3 Å². The number of imidazole rings is 1. The Balaban J connectivity index is 1.38. The van der Waals surface area contributed by atoms with Crippen LogP contribution in [0.15, 0.2) is 146 Å². The van der Waals surface area contributed by atoms with Crippen LogP contribution in [0.25, 0.3) is 61.3 Å². The quantitative estimate of drug-likeness (QED) is 0.186. The molecule has 0 saturated carbocycles. The van der Waals surface area contributed by atoms with Crippen molar-refractivity contribution < 1.29 is 13.9 Å². The van der Waals surface area contributed by atoms with E-state index in [0.717, 1.165) is 39.0 Å². The molecule has 55 heavy (non-hydrogen) atoms. The van der Waals surface area contributed by atoms with Gasteiger partial charge in [-0.3, -0.25) is 9.55 Å². The lowest BCUT2D eigenvalue weighted by atomic mass is 9.82. The van der Waals surface area contributed by atoms with Gasteiger partial charge in [0.15, 0.2) is 0 Å². The second-order valence-corrected chi connectivity index (χ2v) is 16.3. The second-order valence-electron chi connectivity index (χ2n) is 16.3. The van der Waals surface area contributed by atoms with E-state index >= 15 is 8.78 Å². The number of hydrogen-bond donors (Lipinski definition) is 1. The first-order chi connectivity index (χ1) is 26.2. The van der Waals surface area contributed by atoms with Gasteiger partial charge >= 0.3 is 0 Å². The van der Waals surface area contributed by atoms with Crippen LogP contribution < -0.4 is 0 Å². The summed E-state index contributed by atoms with van der Waals surface area (Å²) in [7, 11) is 0. The lowest BCUT2D eigenvalue weighted by Gasteiger charge is -2.23. The zero-order valence-electron chi connectivity index (χ0n) is 31.9. The van der Waals surface area contributed by atoms with E-state index in [4.69, 9.17) is 9.97 Å². The molecule has 0 amide bonds. The Labute approximate surface area is 320 Å². The molecule has 2 heterocycles. The summed E-state index contributed by atoms with van der Waals surface area (Å²) in [5.41, 5.74) is 8.80. The maximum atomic E-state index is 16.3. The summed E-state index contributed by atoms with van der Waals surface area (Å²) in [6.07, 6.45) is 1.71. The van der Waals surface area contributed by atoms with E-state index in [9.17, 15) is 5.11 Å². The molecule has 0 radical (unpaired) electrons. The Morgan fingerprint density at radius 1 is 0.527 bits per heavy atom. The molecule has 1 N–H and O–H groups in total. The number of aromatic hydroxyl groups is 1. The van der Waals surface area contributed by atoms with E-state index in [1.807, 2.05) is 30.3 Å². The maximum Gasteiger partial charge on any atom is 0.298 e. The number of phenols is 1. The highest BCUT2D eigenvalue weighted by Crippen LogP contribution is 2.43. The fraction of sp³-hybridized carbons (Fsp3) is 0.184. The molecule has 0 bridgehead atoms. The number of nitrogens with zero attached hydrogens (tertiary/aromatic N) is 3. The molecular formula is C49H43F2N3O. The van der Waals surface area contributed by atoms with Gasteiger partial charge in [0.25, 0.3) is 5.92 Å². The average Bonchev–Trinajstić information content (AvgIpc) is 3.57. The predicted octanol–water partition coefficient (Wildman–Crippen LogP) is 13.0. The molecule has 0 fully saturated rings.